The molecule has 3 rings (SSSR count). The van der Waals surface area contributed by atoms with Gasteiger partial charge in [-0.25, -0.2) is 0 Å². The number of fused-ring (bicyclic) bond motifs is 1. The molecular formula is C19H27NO3. The van der Waals surface area contributed by atoms with E-state index in [-0.39, 0.29) is 35.7 Å². The minimum absolute atomic E-state index is 0.0754. The highest BCUT2D eigenvalue weighted by atomic mass is 16.5. The zero-order chi connectivity index (χ0) is 16.6. The van der Waals surface area contributed by atoms with Crippen LogP contribution in [0.4, 0.5) is 0 Å². The Kier molecular flexibility index (Phi) is 4.47. The summed E-state index contributed by atoms with van der Waals surface area (Å²) in [5, 5.41) is 0. The fourth-order valence-electron chi connectivity index (χ4n) is 3.69. The summed E-state index contributed by atoms with van der Waals surface area (Å²) < 4.78 is 12.2. The Morgan fingerprint density at radius 3 is 2.61 bits per heavy atom. The van der Waals surface area contributed by atoms with Crippen LogP contribution in [0.2, 0.25) is 0 Å². The average molecular weight is 317 g/mol. The quantitative estimate of drug-likeness (QED) is 0.784. The lowest BCUT2D eigenvalue weighted by Crippen LogP contribution is -2.65. The standard InChI is InChI=1S/C19H27NO3/c1-13(22-12-14-8-6-5-7-9-14)16-17-15(23-19(2,3)4)10-11-20(17)18(16)21/h5-9,13,15-17H,10-12H2,1-4H3/t13-,15-,16-,17-/m0/s1. The van der Waals surface area contributed by atoms with Crippen molar-refractivity contribution in [1.82, 2.24) is 4.90 Å². The molecule has 0 saturated carbocycles. The molecule has 0 radical (unpaired) electrons. The lowest BCUT2D eigenvalue weighted by molar-refractivity contribution is -0.176. The van der Waals surface area contributed by atoms with Crippen LogP contribution < -0.4 is 0 Å². The third-order valence-electron chi connectivity index (χ3n) is 4.70. The van der Waals surface area contributed by atoms with Gasteiger partial charge in [0.05, 0.1) is 36.4 Å². The molecule has 0 aliphatic carbocycles. The van der Waals surface area contributed by atoms with Crippen molar-refractivity contribution in [3.63, 3.8) is 0 Å². The SMILES string of the molecule is C[C@H](OCc1ccccc1)[C@@H]1C(=O)N2CC[C@H](OC(C)(C)C)[C@@H]12. The van der Waals surface area contributed by atoms with E-state index in [9.17, 15) is 4.79 Å². The Labute approximate surface area is 138 Å². The van der Waals surface area contributed by atoms with Gasteiger partial charge in [-0.2, -0.15) is 0 Å². The van der Waals surface area contributed by atoms with Crippen molar-refractivity contribution in [1.29, 1.82) is 0 Å². The molecule has 4 atom stereocenters. The van der Waals surface area contributed by atoms with Gasteiger partial charge in [0, 0.05) is 6.54 Å². The van der Waals surface area contributed by atoms with Crippen LogP contribution in [0.25, 0.3) is 0 Å². The van der Waals surface area contributed by atoms with Crippen LogP contribution in [0.1, 0.15) is 39.7 Å². The van der Waals surface area contributed by atoms with E-state index in [2.05, 4.69) is 20.8 Å². The first-order chi connectivity index (χ1) is 10.9. The van der Waals surface area contributed by atoms with Crippen molar-refractivity contribution >= 4 is 5.91 Å². The number of ether oxygens (including phenoxy) is 2. The molecule has 4 heteroatoms. The molecule has 1 aromatic carbocycles. The van der Waals surface area contributed by atoms with Crippen molar-refractivity contribution in [3.05, 3.63) is 35.9 Å². The largest absolute Gasteiger partial charge is 0.373 e. The maximum absolute atomic E-state index is 12.4. The van der Waals surface area contributed by atoms with E-state index in [1.54, 1.807) is 0 Å². The summed E-state index contributed by atoms with van der Waals surface area (Å²) in [4.78, 5) is 14.4. The van der Waals surface area contributed by atoms with Gasteiger partial charge in [0.15, 0.2) is 0 Å². The van der Waals surface area contributed by atoms with E-state index >= 15 is 0 Å². The molecule has 1 aromatic rings. The molecule has 0 spiro atoms. The number of β-lactam (4-membered cyclic amide) rings is 1. The second-order valence-electron chi connectivity index (χ2n) is 7.61. The van der Waals surface area contributed by atoms with Gasteiger partial charge in [-0.05, 0) is 39.7 Å². The van der Waals surface area contributed by atoms with Crippen LogP contribution in [0.3, 0.4) is 0 Å². The number of hydrogen-bond acceptors (Lipinski definition) is 3. The highest BCUT2D eigenvalue weighted by Gasteiger charge is 2.57. The lowest BCUT2D eigenvalue weighted by Gasteiger charge is -2.47. The molecule has 23 heavy (non-hydrogen) atoms. The average Bonchev–Trinajstić information content (AvgIpc) is 2.83. The van der Waals surface area contributed by atoms with Crippen molar-refractivity contribution in [2.24, 2.45) is 5.92 Å². The fourth-order valence-corrected chi connectivity index (χ4v) is 3.69. The number of benzene rings is 1. The molecule has 2 saturated heterocycles. The Morgan fingerprint density at radius 2 is 1.96 bits per heavy atom. The van der Waals surface area contributed by atoms with Crippen LogP contribution in [0.5, 0.6) is 0 Å². The summed E-state index contributed by atoms with van der Waals surface area (Å²) in [5.74, 6) is 0.143. The molecule has 2 fully saturated rings. The first kappa shape index (κ1) is 16.5. The summed E-state index contributed by atoms with van der Waals surface area (Å²) in [6.45, 7) is 9.58. The highest BCUT2D eigenvalue weighted by Crippen LogP contribution is 2.41. The van der Waals surface area contributed by atoms with Crippen molar-refractivity contribution in [2.75, 3.05) is 6.54 Å². The number of rotatable bonds is 5. The minimum Gasteiger partial charge on any atom is -0.373 e. The lowest BCUT2D eigenvalue weighted by atomic mass is 9.82. The number of carbonyl (C=O) groups is 1. The van der Waals surface area contributed by atoms with Gasteiger partial charge in [0.1, 0.15) is 0 Å². The van der Waals surface area contributed by atoms with Gasteiger partial charge in [-0.1, -0.05) is 30.3 Å². The van der Waals surface area contributed by atoms with Gasteiger partial charge < -0.3 is 14.4 Å². The predicted molar refractivity (Wildman–Crippen MR) is 88.9 cm³/mol. The number of carbonyl (C=O) groups excluding carboxylic acids is 1. The van der Waals surface area contributed by atoms with Crippen LogP contribution in [-0.2, 0) is 20.9 Å². The van der Waals surface area contributed by atoms with Crippen molar-refractivity contribution in [3.8, 4) is 0 Å². The van der Waals surface area contributed by atoms with E-state index < -0.39 is 0 Å². The molecule has 0 unspecified atom stereocenters. The van der Waals surface area contributed by atoms with Gasteiger partial charge in [-0.15, -0.1) is 0 Å². The van der Waals surface area contributed by atoms with E-state index in [1.807, 2.05) is 42.2 Å². The van der Waals surface area contributed by atoms with Gasteiger partial charge >= 0.3 is 0 Å². The van der Waals surface area contributed by atoms with E-state index in [1.165, 1.54) is 0 Å². The first-order valence-corrected chi connectivity index (χ1v) is 8.50. The Morgan fingerprint density at radius 1 is 1.26 bits per heavy atom. The summed E-state index contributed by atoms with van der Waals surface area (Å²) in [5.41, 5.74) is 0.953. The van der Waals surface area contributed by atoms with Gasteiger partial charge in [0.2, 0.25) is 5.91 Å². The molecule has 2 heterocycles. The molecular weight excluding hydrogens is 290 g/mol. The molecule has 2 aliphatic rings. The van der Waals surface area contributed by atoms with Gasteiger partial charge in [0.25, 0.3) is 0 Å². The van der Waals surface area contributed by atoms with Crippen LogP contribution in [0.15, 0.2) is 30.3 Å². The number of amides is 1. The normalized spacial score (nSPS) is 28.4. The first-order valence-electron chi connectivity index (χ1n) is 8.50. The Balaban J connectivity index is 1.61. The molecule has 0 bridgehead atoms. The highest BCUT2D eigenvalue weighted by molar-refractivity contribution is 5.87. The summed E-state index contributed by atoms with van der Waals surface area (Å²) in [6, 6.07) is 10.3. The van der Waals surface area contributed by atoms with Crippen LogP contribution in [0, 0.1) is 5.92 Å². The molecule has 0 aromatic heterocycles. The van der Waals surface area contributed by atoms with E-state index in [4.69, 9.17) is 9.47 Å². The van der Waals surface area contributed by atoms with Gasteiger partial charge in [-0.3, -0.25) is 4.79 Å². The molecule has 126 valence electrons. The third kappa shape index (κ3) is 3.43. The Bertz CT molecular complexity index is 551. The molecule has 2 aliphatic heterocycles. The summed E-state index contributed by atoms with van der Waals surface area (Å²) in [6.07, 6.45) is 0.962. The zero-order valence-corrected chi connectivity index (χ0v) is 14.5. The van der Waals surface area contributed by atoms with Crippen LogP contribution in [-0.4, -0.2) is 41.2 Å². The van der Waals surface area contributed by atoms with E-state index in [0.717, 1.165) is 18.5 Å². The maximum Gasteiger partial charge on any atom is 0.230 e. The predicted octanol–water partition coefficient (Wildman–Crippen LogP) is 3.01. The zero-order valence-electron chi connectivity index (χ0n) is 14.5. The Hall–Kier alpha value is -1.39. The molecule has 1 amide bonds. The maximum atomic E-state index is 12.4. The second kappa shape index (κ2) is 6.25. The minimum atomic E-state index is -0.183. The number of hydrogen-bond donors (Lipinski definition) is 0. The third-order valence-corrected chi connectivity index (χ3v) is 4.70. The van der Waals surface area contributed by atoms with E-state index in [0.29, 0.717) is 6.61 Å². The second-order valence-corrected chi connectivity index (χ2v) is 7.61. The monoisotopic (exact) mass is 317 g/mol. The van der Waals surface area contributed by atoms with Crippen LogP contribution >= 0.6 is 0 Å². The van der Waals surface area contributed by atoms with Crippen molar-refractivity contribution < 1.29 is 14.3 Å². The molecule has 0 N–H and O–H groups in total. The topological polar surface area (TPSA) is 38.8 Å². The smallest absolute Gasteiger partial charge is 0.230 e. The summed E-state index contributed by atoms with van der Waals surface area (Å²) in [7, 11) is 0. The summed E-state index contributed by atoms with van der Waals surface area (Å²) >= 11 is 0. The molecule has 4 nitrogen and oxygen atoms in total. The van der Waals surface area contributed by atoms with Crippen molar-refractivity contribution in [2.45, 2.75) is 64.6 Å². The fraction of sp³-hybridized carbons (Fsp3) is 0.632. The number of nitrogens with zero attached hydrogens (tertiary/aromatic N) is 1.